The second-order valence-electron chi connectivity index (χ2n) is 5.82. The number of carboxylic acids is 1. The molecule has 0 aliphatic heterocycles. The molecular formula is C19H13Cl3N2O3S. The van der Waals surface area contributed by atoms with Crippen molar-refractivity contribution in [1.29, 1.82) is 0 Å². The fourth-order valence-electron chi connectivity index (χ4n) is 2.57. The summed E-state index contributed by atoms with van der Waals surface area (Å²) in [5, 5.41) is 15.2. The van der Waals surface area contributed by atoms with Gasteiger partial charge in [-0.2, -0.15) is 0 Å². The molecule has 1 amide bonds. The molecule has 0 fully saturated rings. The number of carbonyl (C=O) groups excluding carboxylic acids is 1. The van der Waals surface area contributed by atoms with Gasteiger partial charge in [-0.05, 0) is 23.8 Å². The summed E-state index contributed by atoms with van der Waals surface area (Å²) in [4.78, 5) is 28.2. The SMILES string of the molecule is O=C(O)C[C@H](NC(=O)c1csc(-c2cccc(Cl)c2)n1)c1cccc(Cl)c1Cl. The van der Waals surface area contributed by atoms with Crippen LogP contribution in [0.25, 0.3) is 10.6 Å². The normalized spacial score (nSPS) is 11.8. The number of halogens is 3. The second kappa shape index (κ2) is 8.92. The maximum Gasteiger partial charge on any atom is 0.305 e. The van der Waals surface area contributed by atoms with E-state index in [1.54, 1.807) is 41.8 Å². The Hall–Kier alpha value is -2.12. The summed E-state index contributed by atoms with van der Waals surface area (Å²) in [6.45, 7) is 0. The molecule has 1 atom stereocenters. The lowest BCUT2D eigenvalue weighted by Gasteiger charge is -2.18. The first kappa shape index (κ1) is 20.6. The van der Waals surface area contributed by atoms with Crippen molar-refractivity contribution in [1.82, 2.24) is 10.3 Å². The van der Waals surface area contributed by atoms with E-state index in [-0.39, 0.29) is 22.2 Å². The minimum absolute atomic E-state index is 0.175. The van der Waals surface area contributed by atoms with E-state index >= 15 is 0 Å². The standard InChI is InChI=1S/C19H13Cl3N2O3S/c20-11-4-1-3-10(7-11)19-24-15(9-28-19)18(27)23-14(8-16(25)26)12-5-2-6-13(21)17(12)22/h1-7,9,14H,8H2,(H,23,27)(H,25,26)/t14-/m0/s1. The van der Waals surface area contributed by atoms with Crippen LogP contribution in [0.3, 0.4) is 0 Å². The van der Waals surface area contributed by atoms with Gasteiger partial charge in [0.25, 0.3) is 5.91 Å². The van der Waals surface area contributed by atoms with Crippen molar-refractivity contribution in [3.63, 3.8) is 0 Å². The van der Waals surface area contributed by atoms with E-state index in [0.29, 0.717) is 15.6 Å². The van der Waals surface area contributed by atoms with Crippen molar-refractivity contribution in [3.8, 4) is 10.6 Å². The van der Waals surface area contributed by atoms with Crippen LogP contribution in [-0.4, -0.2) is 22.0 Å². The van der Waals surface area contributed by atoms with Gasteiger partial charge in [0, 0.05) is 16.0 Å². The van der Waals surface area contributed by atoms with Crippen molar-refractivity contribution in [2.75, 3.05) is 0 Å². The second-order valence-corrected chi connectivity index (χ2v) is 7.89. The molecule has 3 rings (SSSR count). The third kappa shape index (κ3) is 4.83. The number of aromatic nitrogens is 1. The molecule has 144 valence electrons. The Morgan fingerprint density at radius 3 is 2.61 bits per heavy atom. The predicted molar refractivity (Wildman–Crippen MR) is 111 cm³/mol. The van der Waals surface area contributed by atoms with Crippen molar-refractivity contribution in [2.24, 2.45) is 0 Å². The van der Waals surface area contributed by atoms with E-state index in [0.717, 1.165) is 5.56 Å². The molecule has 0 aliphatic rings. The molecule has 1 aromatic heterocycles. The lowest BCUT2D eigenvalue weighted by atomic mass is 10.0. The smallest absolute Gasteiger partial charge is 0.305 e. The van der Waals surface area contributed by atoms with Crippen LogP contribution in [0, 0.1) is 0 Å². The molecule has 1 heterocycles. The Kier molecular flexibility index (Phi) is 6.57. The average Bonchev–Trinajstić information content (AvgIpc) is 3.13. The Morgan fingerprint density at radius 2 is 1.89 bits per heavy atom. The fourth-order valence-corrected chi connectivity index (χ4v) is 3.99. The van der Waals surface area contributed by atoms with Gasteiger partial charge < -0.3 is 10.4 Å². The zero-order valence-corrected chi connectivity index (χ0v) is 17.2. The van der Waals surface area contributed by atoms with Gasteiger partial charge >= 0.3 is 5.97 Å². The van der Waals surface area contributed by atoms with E-state index in [2.05, 4.69) is 10.3 Å². The van der Waals surface area contributed by atoms with Crippen LogP contribution in [0.2, 0.25) is 15.1 Å². The zero-order valence-electron chi connectivity index (χ0n) is 14.2. The molecule has 0 saturated carbocycles. The molecule has 3 aromatic rings. The van der Waals surface area contributed by atoms with Gasteiger partial charge in [-0.1, -0.05) is 59.1 Å². The maximum atomic E-state index is 12.7. The predicted octanol–water partition coefficient (Wildman–Crippen LogP) is 5.72. The first-order chi connectivity index (χ1) is 13.3. The van der Waals surface area contributed by atoms with Crippen molar-refractivity contribution in [2.45, 2.75) is 12.5 Å². The maximum absolute atomic E-state index is 12.7. The summed E-state index contributed by atoms with van der Waals surface area (Å²) in [5.41, 5.74) is 1.39. The Bertz CT molecular complexity index is 1040. The number of carbonyl (C=O) groups is 2. The third-order valence-electron chi connectivity index (χ3n) is 3.85. The van der Waals surface area contributed by atoms with Crippen LogP contribution in [0.1, 0.15) is 28.5 Å². The van der Waals surface area contributed by atoms with Gasteiger partial charge in [0.1, 0.15) is 10.7 Å². The van der Waals surface area contributed by atoms with Crippen molar-refractivity contribution < 1.29 is 14.7 Å². The van der Waals surface area contributed by atoms with Crippen LogP contribution in [0.15, 0.2) is 47.8 Å². The molecule has 0 spiro atoms. The topological polar surface area (TPSA) is 79.3 Å². The van der Waals surface area contributed by atoms with Gasteiger partial charge in [-0.15, -0.1) is 11.3 Å². The van der Waals surface area contributed by atoms with Gasteiger partial charge in [-0.3, -0.25) is 9.59 Å². The lowest BCUT2D eigenvalue weighted by molar-refractivity contribution is -0.137. The largest absolute Gasteiger partial charge is 0.481 e. The third-order valence-corrected chi connectivity index (χ3v) is 5.81. The fraction of sp³-hybridized carbons (Fsp3) is 0.105. The van der Waals surface area contributed by atoms with E-state index < -0.39 is 17.9 Å². The molecule has 2 aromatic carbocycles. The number of nitrogens with zero attached hydrogens (tertiary/aromatic N) is 1. The monoisotopic (exact) mass is 454 g/mol. The van der Waals surface area contributed by atoms with Crippen LogP contribution in [-0.2, 0) is 4.79 Å². The first-order valence-electron chi connectivity index (χ1n) is 8.03. The van der Waals surface area contributed by atoms with Crippen LogP contribution < -0.4 is 5.32 Å². The quantitative estimate of drug-likeness (QED) is 0.498. The number of amides is 1. The van der Waals surface area contributed by atoms with Crippen molar-refractivity contribution in [3.05, 3.63) is 74.2 Å². The molecule has 2 N–H and O–H groups in total. The zero-order chi connectivity index (χ0) is 20.3. The number of hydrogen-bond donors (Lipinski definition) is 2. The van der Waals surface area contributed by atoms with E-state index in [9.17, 15) is 14.7 Å². The molecule has 9 heteroatoms. The highest BCUT2D eigenvalue weighted by atomic mass is 35.5. The molecule has 0 unspecified atom stereocenters. The molecule has 0 aliphatic carbocycles. The Morgan fingerprint density at radius 1 is 1.14 bits per heavy atom. The summed E-state index contributed by atoms with van der Waals surface area (Å²) in [7, 11) is 0. The molecule has 0 saturated heterocycles. The van der Waals surface area contributed by atoms with Gasteiger partial charge in [0.15, 0.2) is 0 Å². The number of rotatable bonds is 6. The van der Waals surface area contributed by atoms with Crippen LogP contribution in [0.4, 0.5) is 0 Å². The highest BCUT2D eigenvalue weighted by Gasteiger charge is 2.23. The molecule has 0 radical (unpaired) electrons. The van der Waals surface area contributed by atoms with Crippen LogP contribution >= 0.6 is 46.1 Å². The number of nitrogens with one attached hydrogen (secondary N) is 1. The summed E-state index contributed by atoms with van der Waals surface area (Å²) in [6, 6.07) is 11.1. The average molecular weight is 456 g/mol. The first-order valence-corrected chi connectivity index (χ1v) is 10.0. The van der Waals surface area contributed by atoms with Gasteiger partial charge in [0.05, 0.1) is 22.5 Å². The number of hydrogen-bond acceptors (Lipinski definition) is 4. The highest BCUT2D eigenvalue weighted by Crippen LogP contribution is 2.32. The van der Waals surface area contributed by atoms with Crippen molar-refractivity contribution >= 4 is 58.0 Å². The van der Waals surface area contributed by atoms with Gasteiger partial charge in [0.2, 0.25) is 0 Å². The molecule has 5 nitrogen and oxygen atoms in total. The highest BCUT2D eigenvalue weighted by molar-refractivity contribution is 7.13. The number of thiazole rings is 1. The Labute approximate surface area is 179 Å². The summed E-state index contributed by atoms with van der Waals surface area (Å²) < 4.78 is 0. The van der Waals surface area contributed by atoms with E-state index in [4.69, 9.17) is 34.8 Å². The number of aliphatic carboxylic acids is 1. The molecule has 28 heavy (non-hydrogen) atoms. The summed E-state index contributed by atoms with van der Waals surface area (Å²) in [5.74, 6) is -1.59. The number of benzene rings is 2. The summed E-state index contributed by atoms with van der Waals surface area (Å²) >= 11 is 19.5. The van der Waals surface area contributed by atoms with E-state index in [1.165, 1.54) is 11.3 Å². The number of carboxylic acid groups (broad SMARTS) is 1. The van der Waals surface area contributed by atoms with E-state index in [1.807, 2.05) is 6.07 Å². The van der Waals surface area contributed by atoms with Gasteiger partial charge in [-0.25, -0.2) is 4.98 Å². The molecular weight excluding hydrogens is 443 g/mol. The Balaban J connectivity index is 1.84. The lowest BCUT2D eigenvalue weighted by Crippen LogP contribution is -2.30. The molecule has 0 bridgehead atoms. The van der Waals surface area contributed by atoms with Crippen LogP contribution in [0.5, 0.6) is 0 Å². The summed E-state index contributed by atoms with van der Waals surface area (Å²) in [6.07, 6.45) is -0.350. The minimum atomic E-state index is -1.08. The minimum Gasteiger partial charge on any atom is -0.481 e.